The van der Waals surface area contributed by atoms with Crippen LogP contribution < -0.4 is 10.2 Å². The normalized spacial score (nSPS) is 12.8. The average molecular weight is 362 g/mol. The van der Waals surface area contributed by atoms with Crippen LogP contribution in [0, 0.1) is 0 Å². The van der Waals surface area contributed by atoms with Gasteiger partial charge in [-0.2, -0.15) is 0 Å². The summed E-state index contributed by atoms with van der Waals surface area (Å²) in [4.78, 5) is 15.0. The quantitative estimate of drug-likeness (QED) is 0.813. The second kappa shape index (κ2) is 8.48. The molecule has 0 spiro atoms. The largest absolute Gasteiger partial charge is 0.488 e. The summed E-state index contributed by atoms with van der Waals surface area (Å²) in [5.74, 6) is 1.11. The highest BCUT2D eigenvalue weighted by atomic mass is 32.2. The first kappa shape index (κ1) is 19.4. The van der Waals surface area contributed by atoms with Crippen molar-refractivity contribution < 1.29 is 8.95 Å². The molecule has 0 aliphatic rings. The van der Waals surface area contributed by atoms with E-state index in [4.69, 9.17) is 4.74 Å². The number of aromatic nitrogens is 1. The second-order valence-electron chi connectivity index (χ2n) is 7.21. The Morgan fingerprint density at radius 2 is 1.80 bits per heavy atom. The summed E-state index contributed by atoms with van der Waals surface area (Å²) >= 11 is 0. The third kappa shape index (κ3) is 5.85. The van der Waals surface area contributed by atoms with Crippen LogP contribution in [-0.4, -0.2) is 15.8 Å². The molecule has 0 amide bonds. The minimum atomic E-state index is -1.08. The number of H-pyrrole nitrogens is 1. The topological polar surface area (TPSA) is 59.2 Å². The molecule has 0 saturated heterocycles. The monoisotopic (exact) mass is 361 g/mol. The van der Waals surface area contributed by atoms with Gasteiger partial charge in [-0.25, -0.2) is 0 Å². The molecule has 0 fully saturated rings. The number of ether oxygens (including phenoxy) is 1. The molecule has 5 heteroatoms. The Morgan fingerprint density at radius 1 is 1.12 bits per heavy atom. The molecular formula is C20H27NO3S. The minimum absolute atomic E-state index is 0.110. The predicted molar refractivity (Wildman–Crippen MR) is 104 cm³/mol. The number of hydrogen-bond donors (Lipinski definition) is 1. The number of rotatable bonds is 7. The summed E-state index contributed by atoms with van der Waals surface area (Å²) in [5.41, 5.74) is 2.90. The molecule has 2 rings (SSSR count). The first-order valence-electron chi connectivity index (χ1n) is 8.58. The van der Waals surface area contributed by atoms with Crippen LogP contribution in [0.1, 0.15) is 50.9 Å². The molecule has 0 saturated carbocycles. The van der Waals surface area contributed by atoms with Crippen LogP contribution in [0.15, 0.2) is 41.3 Å². The maximum absolute atomic E-state index is 12.4. The van der Waals surface area contributed by atoms with Gasteiger partial charge in [-0.05, 0) is 23.0 Å². The highest BCUT2D eigenvalue weighted by molar-refractivity contribution is 7.83. The molecule has 25 heavy (non-hydrogen) atoms. The standard InChI is InChI=1S/C20H27NO3S/c1-5-10-24-19-12-21-17(11-18(19)22)14-25(23)13-15-6-8-16(9-7-15)20(2,3)4/h6-9,11-12H,5,10,13-14H2,1-4H3,(H,21,22). The zero-order chi connectivity index (χ0) is 18.4. The Balaban J connectivity index is 1.98. The van der Waals surface area contributed by atoms with Crippen LogP contribution in [0.4, 0.5) is 0 Å². The molecule has 1 heterocycles. The summed E-state index contributed by atoms with van der Waals surface area (Å²) in [7, 11) is -1.08. The van der Waals surface area contributed by atoms with Gasteiger partial charge in [-0.1, -0.05) is 52.0 Å². The zero-order valence-electron chi connectivity index (χ0n) is 15.4. The SMILES string of the molecule is CCCOc1c[nH]c(CS(=O)Cc2ccc(C(C)(C)C)cc2)cc1=O. The van der Waals surface area contributed by atoms with Gasteiger partial charge in [-0.15, -0.1) is 0 Å². The lowest BCUT2D eigenvalue weighted by Crippen LogP contribution is -2.12. The van der Waals surface area contributed by atoms with Gasteiger partial charge in [0.05, 0.1) is 12.4 Å². The number of nitrogens with one attached hydrogen (secondary N) is 1. The highest BCUT2D eigenvalue weighted by Crippen LogP contribution is 2.22. The summed E-state index contributed by atoms with van der Waals surface area (Å²) in [5, 5.41) is 0. The van der Waals surface area contributed by atoms with Crippen LogP contribution in [0.3, 0.4) is 0 Å². The summed E-state index contributed by atoms with van der Waals surface area (Å²) in [6, 6.07) is 9.72. The Hall–Kier alpha value is -1.88. The summed E-state index contributed by atoms with van der Waals surface area (Å²) in [6.45, 7) is 9.01. The van der Waals surface area contributed by atoms with E-state index in [1.807, 2.05) is 19.1 Å². The van der Waals surface area contributed by atoms with E-state index in [-0.39, 0.29) is 10.8 Å². The molecule has 1 N–H and O–H groups in total. The van der Waals surface area contributed by atoms with Crippen molar-refractivity contribution in [2.45, 2.75) is 51.0 Å². The van der Waals surface area contributed by atoms with Gasteiger partial charge in [0.25, 0.3) is 0 Å². The molecule has 4 nitrogen and oxygen atoms in total. The number of pyridine rings is 1. The Kier molecular flexibility index (Phi) is 6.59. The number of hydrogen-bond acceptors (Lipinski definition) is 3. The van der Waals surface area contributed by atoms with E-state index >= 15 is 0 Å². The van der Waals surface area contributed by atoms with Gasteiger partial charge in [0.2, 0.25) is 5.43 Å². The fraction of sp³-hybridized carbons (Fsp3) is 0.450. The first-order valence-corrected chi connectivity index (χ1v) is 10.1. The van der Waals surface area contributed by atoms with Gasteiger partial charge < -0.3 is 9.72 Å². The summed E-state index contributed by atoms with van der Waals surface area (Å²) in [6.07, 6.45) is 2.40. The first-order chi connectivity index (χ1) is 11.8. The molecular weight excluding hydrogens is 334 g/mol. The lowest BCUT2D eigenvalue weighted by Gasteiger charge is -2.19. The summed E-state index contributed by atoms with van der Waals surface area (Å²) < 4.78 is 17.8. The van der Waals surface area contributed by atoms with Gasteiger partial charge in [0, 0.05) is 34.5 Å². The van der Waals surface area contributed by atoms with Crippen LogP contribution in [-0.2, 0) is 27.7 Å². The van der Waals surface area contributed by atoms with Gasteiger partial charge >= 0.3 is 0 Å². The Morgan fingerprint density at radius 3 is 2.36 bits per heavy atom. The van der Waals surface area contributed by atoms with Crippen molar-refractivity contribution in [2.75, 3.05) is 6.61 Å². The van der Waals surface area contributed by atoms with E-state index in [9.17, 15) is 9.00 Å². The van der Waals surface area contributed by atoms with Crippen molar-refractivity contribution in [1.29, 1.82) is 0 Å². The van der Waals surface area contributed by atoms with Gasteiger partial charge in [0.1, 0.15) is 0 Å². The number of aromatic amines is 1. The molecule has 1 unspecified atom stereocenters. The van der Waals surface area contributed by atoms with E-state index < -0.39 is 10.8 Å². The lowest BCUT2D eigenvalue weighted by molar-refractivity contribution is 0.313. The molecule has 1 aromatic carbocycles. The third-order valence-corrected chi connectivity index (χ3v) is 5.15. The third-order valence-electron chi connectivity index (χ3n) is 3.86. The molecule has 0 radical (unpaired) electrons. The van der Waals surface area contributed by atoms with E-state index in [1.165, 1.54) is 11.6 Å². The molecule has 1 aromatic heterocycles. The van der Waals surface area contributed by atoms with Crippen molar-refractivity contribution in [3.05, 3.63) is 63.6 Å². The maximum Gasteiger partial charge on any atom is 0.223 e. The smallest absolute Gasteiger partial charge is 0.223 e. The van der Waals surface area contributed by atoms with Crippen LogP contribution in [0.5, 0.6) is 5.75 Å². The van der Waals surface area contributed by atoms with E-state index in [0.717, 1.165) is 12.0 Å². The molecule has 0 aliphatic heterocycles. The van der Waals surface area contributed by atoms with Crippen molar-refractivity contribution in [2.24, 2.45) is 0 Å². The van der Waals surface area contributed by atoms with Crippen LogP contribution in [0.25, 0.3) is 0 Å². The molecule has 1 atom stereocenters. The average Bonchev–Trinajstić information content (AvgIpc) is 2.53. The molecule has 0 aliphatic carbocycles. The Labute approximate surface area is 152 Å². The van der Waals surface area contributed by atoms with Crippen molar-refractivity contribution in [3.63, 3.8) is 0 Å². The number of benzene rings is 1. The van der Waals surface area contributed by atoms with Gasteiger partial charge in [-0.3, -0.25) is 9.00 Å². The van der Waals surface area contributed by atoms with E-state index in [2.05, 4.69) is 37.9 Å². The molecule has 2 aromatic rings. The van der Waals surface area contributed by atoms with Crippen molar-refractivity contribution in [3.8, 4) is 5.75 Å². The fourth-order valence-corrected chi connectivity index (χ4v) is 3.60. The fourth-order valence-electron chi connectivity index (χ4n) is 2.42. The Bertz CT molecular complexity index is 773. The lowest BCUT2D eigenvalue weighted by atomic mass is 9.87. The van der Waals surface area contributed by atoms with Crippen molar-refractivity contribution >= 4 is 10.8 Å². The molecule has 0 bridgehead atoms. The minimum Gasteiger partial charge on any atom is -0.488 e. The molecule has 136 valence electrons. The predicted octanol–water partition coefficient (Wildman–Crippen LogP) is 3.91. The second-order valence-corrected chi connectivity index (χ2v) is 8.67. The van der Waals surface area contributed by atoms with Crippen LogP contribution >= 0.6 is 0 Å². The zero-order valence-corrected chi connectivity index (χ0v) is 16.2. The van der Waals surface area contributed by atoms with Crippen LogP contribution in [0.2, 0.25) is 0 Å². The highest BCUT2D eigenvalue weighted by Gasteiger charge is 2.13. The van der Waals surface area contributed by atoms with E-state index in [1.54, 1.807) is 6.20 Å². The van der Waals surface area contributed by atoms with Gasteiger partial charge in [0.15, 0.2) is 5.75 Å². The van der Waals surface area contributed by atoms with E-state index in [0.29, 0.717) is 29.6 Å². The van der Waals surface area contributed by atoms with Crippen molar-refractivity contribution in [1.82, 2.24) is 4.98 Å². The maximum atomic E-state index is 12.4.